The molecule has 1 unspecified atom stereocenters. The van der Waals surface area contributed by atoms with Gasteiger partial charge in [-0.2, -0.15) is 0 Å². The van der Waals surface area contributed by atoms with Crippen LogP contribution in [0, 0.1) is 5.92 Å². The molecule has 140 valence electrons. The second-order valence-corrected chi connectivity index (χ2v) is 6.23. The lowest BCUT2D eigenvalue weighted by Gasteiger charge is -2.21. The second kappa shape index (κ2) is 8.84. The molecule has 0 saturated carbocycles. The van der Waals surface area contributed by atoms with Gasteiger partial charge in [0.15, 0.2) is 6.61 Å². The summed E-state index contributed by atoms with van der Waals surface area (Å²) in [7, 11) is 0. The average molecular weight is 367 g/mol. The van der Waals surface area contributed by atoms with Gasteiger partial charge >= 0.3 is 0 Å². The van der Waals surface area contributed by atoms with Gasteiger partial charge in [-0.15, -0.1) is 0 Å². The minimum atomic E-state index is -0.467. The number of carbonyl (C=O) groups excluding carboxylic acids is 3. The molecule has 27 heavy (non-hydrogen) atoms. The quantitative estimate of drug-likeness (QED) is 0.696. The molecule has 1 heterocycles. The van der Waals surface area contributed by atoms with Gasteiger partial charge in [-0.05, 0) is 18.1 Å². The molecule has 1 fully saturated rings. The Balaban J connectivity index is 1.50. The van der Waals surface area contributed by atoms with Gasteiger partial charge in [0.2, 0.25) is 11.8 Å². The van der Waals surface area contributed by atoms with Crippen LogP contribution in [0.25, 0.3) is 11.1 Å². The highest BCUT2D eigenvalue weighted by atomic mass is 16.5. The molecular weight excluding hydrogens is 346 g/mol. The van der Waals surface area contributed by atoms with Crippen LogP contribution in [0.2, 0.25) is 0 Å². The van der Waals surface area contributed by atoms with Crippen molar-refractivity contribution in [3.63, 3.8) is 0 Å². The summed E-state index contributed by atoms with van der Waals surface area (Å²) in [5.74, 6) is -0.615. The molecule has 0 aliphatic carbocycles. The molecule has 3 N–H and O–H groups in total. The van der Waals surface area contributed by atoms with E-state index in [9.17, 15) is 14.4 Å². The second-order valence-electron chi connectivity index (χ2n) is 6.23. The van der Waals surface area contributed by atoms with Crippen LogP contribution < -0.4 is 20.9 Å². The molecule has 7 nitrogen and oxygen atoms in total. The summed E-state index contributed by atoms with van der Waals surface area (Å²) >= 11 is 0. The molecule has 1 aliphatic rings. The summed E-state index contributed by atoms with van der Waals surface area (Å²) in [6.45, 7) is 0.0486. The van der Waals surface area contributed by atoms with Gasteiger partial charge in [-0.25, -0.2) is 0 Å². The first-order chi connectivity index (χ1) is 13.1. The predicted molar refractivity (Wildman–Crippen MR) is 99.4 cm³/mol. The molecule has 1 saturated heterocycles. The number of hydrogen-bond donors (Lipinski definition) is 3. The Bertz CT molecular complexity index is 813. The number of benzene rings is 2. The van der Waals surface area contributed by atoms with Crippen LogP contribution in [0.3, 0.4) is 0 Å². The van der Waals surface area contributed by atoms with Crippen molar-refractivity contribution in [2.75, 3.05) is 13.2 Å². The fourth-order valence-corrected chi connectivity index (χ4v) is 2.82. The van der Waals surface area contributed by atoms with Crippen LogP contribution in [0.1, 0.15) is 12.8 Å². The molecular formula is C20H21N3O4. The van der Waals surface area contributed by atoms with Crippen LogP contribution in [-0.2, 0) is 14.4 Å². The number of ether oxygens (including phenoxy) is 1. The Morgan fingerprint density at radius 2 is 1.78 bits per heavy atom. The van der Waals surface area contributed by atoms with Gasteiger partial charge < -0.3 is 10.1 Å². The van der Waals surface area contributed by atoms with Crippen LogP contribution in [0.4, 0.5) is 0 Å². The summed E-state index contributed by atoms with van der Waals surface area (Å²) in [6, 6.07) is 17.2. The molecule has 0 aromatic heterocycles. The van der Waals surface area contributed by atoms with E-state index in [0.717, 1.165) is 11.1 Å². The number of carbonyl (C=O) groups is 3. The summed E-state index contributed by atoms with van der Waals surface area (Å²) in [4.78, 5) is 35.1. The zero-order valence-corrected chi connectivity index (χ0v) is 14.7. The lowest BCUT2D eigenvalue weighted by atomic mass is 9.99. The Morgan fingerprint density at radius 3 is 2.52 bits per heavy atom. The van der Waals surface area contributed by atoms with Crippen molar-refractivity contribution in [3.05, 3.63) is 54.6 Å². The van der Waals surface area contributed by atoms with E-state index in [4.69, 9.17) is 4.74 Å². The predicted octanol–water partition coefficient (Wildman–Crippen LogP) is 1.41. The summed E-state index contributed by atoms with van der Waals surface area (Å²) < 4.78 is 5.62. The van der Waals surface area contributed by atoms with Crippen molar-refractivity contribution >= 4 is 17.7 Å². The number of hydrogen-bond acceptors (Lipinski definition) is 4. The summed E-state index contributed by atoms with van der Waals surface area (Å²) in [5.41, 5.74) is 6.59. The highest BCUT2D eigenvalue weighted by Gasteiger charge is 2.24. The Kier molecular flexibility index (Phi) is 6.04. The van der Waals surface area contributed by atoms with Crippen LogP contribution >= 0.6 is 0 Å². The van der Waals surface area contributed by atoms with Crippen LogP contribution in [-0.4, -0.2) is 30.9 Å². The standard InChI is InChI=1S/C20H21N3O4/c24-18-11-10-15(12-21-18)20(26)23-22-19(25)13-27-17-9-5-4-8-16(17)14-6-2-1-3-7-14/h1-9,15H,10-13H2,(H,21,24)(H,22,25)(H,23,26). The molecule has 0 spiro atoms. The number of hydrazine groups is 1. The third-order valence-corrected chi connectivity index (χ3v) is 4.29. The maximum absolute atomic E-state index is 12.0. The van der Waals surface area contributed by atoms with E-state index < -0.39 is 5.91 Å². The third-order valence-electron chi connectivity index (χ3n) is 4.29. The SMILES string of the molecule is O=C1CCC(C(=O)NNC(=O)COc2ccccc2-c2ccccc2)CN1. The molecule has 3 amide bonds. The summed E-state index contributed by atoms with van der Waals surface area (Å²) in [6.07, 6.45) is 0.778. The fraction of sp³-hybridized carbons (Fsp3) is 0.250. The first kappa shape index (κ1) is 18.4. The van der Waals surface area contributed by atoms with E-state index in [0.29, 0.717) is 18.6 Å². The van der Waals surface area contributed by atoms with E-state index >= 15 is 0 Å². The van der Waals surface area contributed by atoms with Crippen molar-refractivity contribution in [2.24, 2.45) is 5.92 Å². The van der Waals surface area contributed by atoms with Gasteiger partial charge in [0, 0.05) is 18.5 Å². The van der Waals surface area contributed by atoms with Gasteiger partial charge in [0.1, 0.15) is 5.75 Å². The molecule has 7 heteroatoms. The number of para-hydroxylation sites is 1. The first-order valence-corrected chi connectivity index (χ1v) is 8.76. The molecule has 0 radical (unpaired) electrons. The zero-order chi connectivity index (χ0) is 19.1. The number of amides is 3. The largest absolute Gasteiger partial charge is 0.483 e. The van der Waals surface area contributed by atoms with Gasteiger partial charge in [-0.1, -0.05) is 48.5 Å². The molecule has 2 aromatic rings. The minimum Gasteiger partial charge on any atom is -0.483 e. The van der Waals surface area contributed by atoms with Crippen molar-refractivity contribution in [2.45, 2.75) is 12.8 Å². The van der Waals surface area contributed by atoms with E-state index in [1.807, 2.05) is 48.5 Å². The summed E-state index contributed by atoms with van der Waals surface area (Å²) in [5, 5.41) is 2.63. The highest BCUT2D eigenvalue weighted by Crippen LogP contribution is 2.29. The Labute approximate surface area is 157 Å². The van der Waals surface area contributed by atoms with E-state index in [1.165, 1.54) is 0 Å². The highest BCUT2D eigenvalue weighted by molar-refractivity contribution is 5.86. The van der Waals surface area contributed by atoms with E-state index in [1.54, 1.807) is 6.07 Å². The monoisotopic (exact) mass is 367 g/mol. The van der Waals surface area contributed by atoms with Crippen molar-refractivity contribution in [3.8, 4) is 16.9 Å². The third kappa shape index (κ3) is 5.07. The Hall–Kier alpha value is -3.35. The van der Waals surface area contributed by atoms with Crippen LogP contribution in [0.15, 0.2) is 54.6 Å². The normalized spacial score (nSPS) is 16.1. The van der Waals surface area contributed by atoms with Crippen LogP contribution in [0.5, 0.6) is 5.75 Å². The lowest BCUT2D eigenvalue weighted by molar-refractivity contribution is -0.133. The maximum atomic E-state index is 12.0. The van der Waals surface area contributed by atoms with Crippen molar-refractivity contribution in [1.82, 2.24) is 16.2 Å². The first-order valence-electron chi connectivity index (χ1n) is 8.76. The van der Waals surface area contributed by atoms with Gasteiger partial charge in [-0.3, -0.25) is 25.2 Å². The zero-order valence-electron chi connectivity index (χ0n) is 14.7. The topological polar surface area (TPSA) is 96.5 Å². The molecule has 1 atom stereocenters. The lowest BCUT2D eigenvalue weighted by Crippen LogP contribution is -2.50. The van der Waals surface area contributed by atoms with E-state index in [-0.39, 0.29) is 30.9 Å². The number of piperidine rings is 1. The number of rotatable bonds is 5. The smallest absolute Gasteiger partial charge is 0.276 e. The molecule has 3 rings (SSSR count). The Morgan fingerprint density at radius 1 is 1.04 bits per heavy atom. The van der Waals surface area contributed by atoms with Gasteiger partial charge in [0.25, 0.3) is 5.91 Å². The average Bonchev–Trinajstić information content (AvgIpc) is 2.72. The number of nitrogens with one attached hydrogen (secondary N) is 3. The molecule has 2 aromatic carbocycles. The maximum Gasteiger partial charge on any atom is 0.276 e. The molecule has 0 bridgehead atoms. The molecule has 1 aliphatic heterocycles. The minimum absolute atomic E-state index is 0.0615. The van der Waals surface area contributed by atoms with Crippen molar-refractivity contribution < 1.29 is 19.1 Å². The fourth-order valence-electron chi connectivity index (χ4n) is 2.82. The van der Waals surface area contributed by atoms with Crippen molar-refractivity contribution in [1.29, 1.82) is 0 Å². The van der Waals surface area contributed by atoms with E-state index in [2.05, 4.69) is 16.2 Å². The van der Waals surface area contributed by atoms with Gasteiger partial charge in [0.05, 0.1) is 5.92 Å².